The zero-order valence-corrected chi connectivity index (χ0v) is 16.3. The van der Waals surface area contributed by atoms with Crippen LogP contribution in [0.4, 0.5) is 5.95 Å². The molecule has 4 rings (SSSR count). The number of carbonyl (C=O) groups excluding carboxylic acids is 1. The Balaban J connectivity index is 1.50. The number of ether oxygens (including phenoxy) is 1. The van der Waals surface area contributed by atoms with Crippen LogP contribution in [0.3, 0.4) is 0 Å². The number of esters is 1. The second kappa shape index (κ2) is 7.97. The Morgan fingerprint density at radius 2 is 1.86 bits per heavy atom. The molecular formula is C23H25N3O2. The highest BCUT2D eigenvalue weighted by Gasteiger charge is 2.29. The summed E-state index contributed by atoms with van der Waals surface area (Å²) in [4.78, 5) is 23.3. The minimum Gasteiger partial charge on any atom is -0.469 e. The van der Waals surface area contributed by atoms with Gasteiger partial charge >= 0.3 is 5.97 Å². The number of aromatic nitrogens is 2. The fraction of sp³-hybridized carbons (Fsp3) is 0.348. The molecule has 0 saturated carbocycles. The SMILES string of the molecule is COC(=O)[C@H](C)C1CCN(c2nccc(-c3ccc4ccccc4c3)n2)CC1. The molecule has 1 aliphatic heterocycles. The molecule has 0 radical (unpaired) electrons. The van der Waals surface area contributed by atoms with E-state index in [9.17, 15) is 4.79 Å². The monoisotopic (exact) mass is 375 g/mol. The largest absolute Gasteiger partial charge is 0.469 e. The van der Waals surface area contributed by atoms with E-state index in [0.29, 0.717) is 5.92 Å². The van der Waals surface area contributed by atoms with E-state index >= 15 is 0 Å². The number of carbonyl (C=O) groups is 1. The molecule has 5 heteroatoms. The minimum absolute atomic E-state index is 0.0583. The zero-order valence-electron chi connectivity index (χ0n) is 16.3. The number of piperidine rings is 1. The Morgan fingerprint density at radius 3 is 2.61 bits per heavy atom. The lowest BCUT2D eigenvalue weighted by Crippen LogP contribution is -2.38. The van der Waals surface area contributed by atoms with E-state index in [1.165, 1.54) is 17.9 Å². The van der Waals surface area contributed by atoms with Crippen molar-refractivity contribution in [3.8, 4) is 11.3 Å². The Labute approximate surface area is 165 Å². The predicted octanol–water partition coefficient (Wildman–Crippen LogP) is 4.32. The molecule has 0 amide bonds. The fourth-order valence-corrected chi connectivity index (χ4v) is 3.99. The second-order valence-corrected chi connectivity index (χ2v) is 7.44. The van der Waals surface area contributed by atoms with E-state index in [0.717, 1.165) is 43.1 Å². The highest BCUT2D eigenvalue weighted by Crippen LogP contribution is 2.29. The lowest BCUT2D eigenvalue weighted by molar-refractivity contribution is -0.147. The van der Waals surface area contributed by atoms with Gasteiger partial charge in [0, 0.05) is 24.8 Å². The minimum atomic E-state index is -0.118. The summed E-state index contributed by atoms with van der Waals surface area (Å²) < 4.78 is 4.89. The van der Waals surface area contributed by atoms with Crippen molar-refractivity contribution in [3.05, 3.63) is 54.7 Å². The smallest absolute Gasteiger partial charge is 0.308 e. The van der Waals surface area contributed by atoms with E-state index < -0.39 is 0 Å². The van der Waals surface area contributed by atoms with E-state index in [2.05, 4.69) is 52.3 Å². The molecule has 2 aromatic carbocycles. The Morgan fingerprint density at radius 1 is 1.11 bits per heavy atom. The predicted molar refractivity (Wildman–Crippen MR) is 111 cm³/mol. The van der Waals surface area contributed by atoms with E-state index in [4.69, 9.17) is 9.72 Å². The van der Waals surface area contributed by atoms with Gasteiger partial charge < -0.3 is 9.64 Å². The van der Waals surface area contributed by atoms with Crippen LogP contribution < -0.4 is 4.90 Å². The summed E-state index contributed by atoms with van der Waals surface area (Å²) in [6.07, 6.45) is 3.72. The summed E-state index contributed by atoms with van der Waals surface area (Å²) >= 11 is 0. The highest BCUT2D eigenvalue weighted by molar-refractivity contribution is 5.86. The van der Waals surface area contributed by atoms with Crippen molar-refractivity contribution >= 4 is 22.7 Å². The average molecular weight is 375 g/mol. The van der Waals surface area contributed by atoms with Crippen LogP contribution in [-0.2, 0) is 9.53 Å². The molecule has 3 aromatic rings. The van der Waals surface area contributed by atoms with Gasteiger partial charge in [-0.15, -0.1) is 0 Å². The van der Waals surface area contributed by atoms with Crippen molar-refractivity contribution in [1.29, 1.82) is 0 Å². The lowest BCUT2D eigenvalue weighted by Gasteiger charge is -2.34. The normalized spacial score (nSPS) is 16.1. The van der Waals surface area contributed by atoms with E-state index in [1.807, 2.05) is 19.2 Å². The number of fused-ring (bicyclic) bond motifs is 1. The van der Waals surface area contributed by atoms with Crippen LogP contribution in [0.1, 0.15) is 19.8 Å². The van der Waals surface area contributed by atoms with Crippen LogP contribution in [0.2, 0.25) is 0 Å². The summed E-state index contributed by atoms with van der Waals surface area (Å²) in [5, 5.41) is 2.43. The summed E-state index contributed by atoms with van der Waals surface area (Å²) in [5.74, 6) is 0.937. The molecule has 0 spiro atoms. The molecule has 2 heterocycles. The number of benzene rings is 2. The average Bonchev–Trinajstić information content (AvgIpc) is 2.78. The van der Waals surface area contributed by atoms with Crippen LogP contribution in [0.5, 0.6) is 0 Å². The second-order valence-electron chi connectivity index (χ2n) is 7.44. The zero-order chi connectivity index (χ0) is 19.5. The van der Waals surface area contributed by atoms with Crippen LogP contribution in [-0.4, -0.2) is 36.1 Å². The molecule has 1 atom stereocenters. The molecule has 0 N–H and O–H groups in total. The van der Waals surface area contributed by atoms with Crippen molar-refractivity contribution in [1.82, 2.24) is 9.97 Å². The molecule has 144 valence electrons. The maximum Gasteiger partial charge on any atom is 0.308 e. The molecule has 0 aliphatic carbocycles. The third-order valence-corrected chi connectivity index (χ3v) is 5.79. The Hall–Kier alpha value is -2.95. The first-order chi connectivity index (χ1) is 13.7. The molecule has 0 bridgehead atoms. The fourth-order valence-electron chi connectivity index (χ4n) is 3.99. The first-order valence-corrected chi connectivity index (χ1v) is 9.80. The van der Waals surface area contributed by atoms with E-state index in [1.54, 1.807) is 0 Å². The molecule has 1 aliphatic rings. The van der Waals surface area contributed by atoms with Crippen molar-refractivity contribution in [2.24, 2.45) is 11.8 Å². The molecule has 0 unspecified atom stereocenters. The van der Waals surface area contributed by atoms with Crippen LogP contribution >= 0.6 is 0 Å². The first-order valence-electron chi connectivity index (χ1n) is 9.80. The van der Waals surface area contributed by atoms with Gasteiger partial charge in [0.05, 0.1) is 18.7 Å². The van der Waals surface area contributed by atoms with Crippen molar-refractivity contribution in [3.63, 3.8) is 0 Å². The summed E-state index contributed by atoms with van der Waals surface area (Å²) in [6, 6.07) is 16.7. The van der Waals surface area contributed by atoms with Crippen LogP contribution in [0, 0.1) is 11.8 Å². The summed E-state index contributed by atoms with van der Waals surface area (Å²) in [7, 11) is 1.46. The summed E-state index contributed by atoms with van der Waals surface area (Å²) in [5.41, 5.74) is 2.03. The molecule has 28 heavy (non-hydrogen) atoms. The van der Waals surface area contributed by atoms with E-state index in [-0.39, 0.29) is 11.9 Å². The number of hydrogen-bond donors (Lipinski definition) is 0. The van der Waals surface area contributed by atoms with Gasteiger partial charge in [-0.05, 0) is 41.7 Å². The molecule has 1 fully saturated rings. The third-order valence-electron chi connectivity index (χ3n) is 5.79. The first kappa shape index (κ1) is 18.4. The number of anilines is 1. The number of nitrogens with zero attached hydrogens (tertiary/aromatic N) is 3. The van der Waals surface area contributed by atoms with Crippen molar-refractivity contribution < 1.29 is 9.53 Å². The van der Waals surface area contributed by atoms with Crippen LogP contribution in [0.25, 0.3) is 22.0 Å². The number of methoxy groups -OCH3 is 1. The standard InChI is InChI=1S/C23H25N3O2/c1-16(22(27)28-2)17-10-13-26(14-11-17)23-24-12-9-21(25-23)20-8-7-18-5-3-4-6-19(18)15-20/h3-9,12,15-17H,10-11,13-14H2,1-2H3/t16-/m1/s1. The topological polar surface area (TPSA) is 55.3 Å². The lowest BCUT2D eigenvalue weighted by atomic mass is 9.85. The van der Waals surface area contributed by atoms with Gasteiger partial charge in [-0.1, -0.05) is 43.3 Å². The van der Waals surface area contributed by atoms with Gasteiger partial charge in [0.15, 0.2) is 0 Å². The van der Waals surface area contributed by atoms with Crippen molar-refractivity contribution in [2.75, 3.05) is 25.1 Å². The van der Waals surface area contributed by atoms with Gasteiger partial charge in [-0.2, -0.15) is 0 Å². The van der Waals surface area contributed by atoms with Crippen molar-refractivity contribution in [2.45, 2.75) is 19.8 Å². The molecular weight excluding hydrogens is 350 g/mol. The Bertz CT molecular complexity index is 980. The highest BCUT2D eigenvalue weighted by atomic mass is 16.5. The quantitative estimate of drug-likeness (QED) is 0.636. The maximum atomic E-state index is 11.8. The van der Waals surface area contributed by atoms with Crippen LogP contribution in [0.15, 0.2) is 54.7 Å². The van der Waals surface area contributed by atoms with Gasteiger partial charge in [-0.25, -0.2) is 9.97 Å². The van der Waals surface area contributed by atoms with Gasteiger partial charge in [-0.3, -0.25) is 4.79 Å². The maximum absolute atomic E-state index is 11.8. The van der Waals surface area contributed by atoms with Gasteiger partial charge in [0.1, 0.15) is 0 Å². The number of rotatable bonds is 4. The third kappa shape index (κ3) is 3.70. The molecule has 5 nitrogen and oxygen atoms in total. The Kier molecular flexibility index (Phi) is 5.24. The summed E-state index contributed by atoms with van der Waals surface area (Å²) in [6.45, 7) is 3.67. The van der Waals surface area contributed by atoms with Gasteiger partial charge in [0.25, 0.3) is 0 Å². The molecule has 1 aromatic heterocycles. The molecule has 1 saturated heterocycles. The number of hydrogen-bond acceptors (Lipinski definition) is 5. The van der Waals surface area contributed by atoms with Gasteiger partial charge in [0.2, 0.25) is 5.95 Å².